The number of carbonyl (C=O) groups is 2. The monoisotopic (exact) mass is 263 g/mol. The van der Waals surface area contributed by atoms with Gasteiger partial charge >= 0.3 is 5.97 Å². The molecule has 1 aromatic rings. The fourth-order valence-corrected chi connectivity index (χ4v) is 1.79. The predicted octanol–water partition coefficient (Wildman–Crippen LogP) is 1.91. The molecule has 2 rings (SSSR count). The van der Waals surface area contributed by atoms with Crippen LogP contribution in [0.2, 0.25) is 0 Å². The number of carbonyl (C=O) groups excluding carboxylic acids is 1. The molecule has 1 aliphatic carbocycles. The lowest BCUT2D eigenvalue weighted by Crippen LogP contribution is -2.36. The van der Waals surface area contributed by atoms with E-state index >= 15 is 0 Å². The highest BCUT2D eigenvalue weighted by Crippen LogP contribution is 2.27. The number of carboxylic acid groups (broad SMARTS) is 1. The summed E-state index contributed by atoms with van der Waals surface area (Å²) < 4.78 is 13.4. The van der Waals surface area contributed by atoms with Crippen molar-refractivity contribution in [2.75, 3.05) is 6.54 Å². The molecule has 1 saturated carbocycles. The lowest BCUT2D eigenvalue weighted by Gasteiger charge is -2.17. The number of hydrogen-bond donors (Lipinski definition) is 1. The third kappa shape index (κ3) is 3.64. The standard InChI is InChI=1S/C14H14FNO3/c15-12-4-2-1-3-10(12)5-8-13(17)16(9-14(18)19)11-6-7-11/h1-5,8,11H,6-7,9H2,(H,18,19). The minimum Gasteiger partial charge on any atom is -0.480 e. The van der Waals surface area contributed by atoms with Crippen LogP contribution in [0.4, 0.5) is 4.39 Å². The Balaban J connectivity index is 2.06. The molecule has 0 aliphatic heterocycles. The van der Waals surface area contributed by atoms with Gasteiger partial charge in [-0.1, -0.05) is 18.2 Å². The lowest BCUT2D eigenvalue weighted by atomic mass is 10.2. The van der Waals surface area contributed by atoms with Crippen LogP contribution < -0.4 is 0 Å². The van der Waals surface area contributed by atoms with Crippen molar-refractivity contribution in [3.63, 3.8) is 0 Å². The first-order valence-electron chi connectivity index (χ1n) is 6.03. The van der Waals surface area contributed by atoms with Gasteiger partial charge in [0.25, 0.3) is 0 Å². The highest BCUT2D eigenvalue weighted by Gasteiger charge is 2.32. The summed E-state index contributed by atoms with van der Waals surface area (Å²) in [6.07, 6.45) is 4.24. The van der Waals surface area contributed by atoms with Gasteiger partial charge in [-0.25, -0.2) is 4.39 Å². The van der Waals surface area contributed by atoms with Gasteiger partial charge in [0.15, 0.2) is 0 Å². The van der Waals surface area contributed by atoms with Crippen molar-refractivity contribution in [2.24, 2.45) is 0 Å². The Morgan fingerprint density at radius 2 is 2.05 bits per heavy atom. The predicted molar refractivity (Wildman–Crippen MR) is 67.8 cm³/mol. The van der Waals surface area contributed by atoms with Crippen LogP contribution in [-0.4, -0.2) is 34.5 Å². The summed E-state index contributed by atoms with van der Waals surface area (Å²) in [7, 11) is 0. The number of amides is 1. The van der Waals surface area contributed by atoms with E-state index < -0.39 is 17.7 Å². The van der Waals surface area contributed by atoms with Gasteiger partial charge in [0, 0.05) is 17.7 Å². The largest absolute Gasteiger partial charge is 0.480 e. The van der Waals surface area contributed by atoms with E-state index in [9.17, 15) is 14.0 Å². The van der Waals surface area contributed by atoms with Gasteiger partial charge in [0.05, 0.1) is 0 Å². The van der Waals surface area contributed by atoms with E-state index in [-0.39, 0.29) is 12.6 Å². The third-order valence-corrected chi connectivity index (χ3v) is 2.89. The number of rotatable bonds is 5. The van der Waals surface area contributed by atoms with Crippen molar-refractivity contribution in [1.82, 2.24) is 4.90 Å². The van der Waals surface area contributed by atoms with Gasteiger partial charge in [0.2, 0.25) is 5.91 Å². The Labute approximate surface area is 110 Å². The molecule has 5 heteroatoms. The minimum absolute atomic E-state index is 0.00821. The number of benzene rings is 1. The molecular formula is C14H14FNO3. The van der Waals surface area contributed by atoms with Crippen LogP contribution >= 0.6 is 0 Å². The number of nitrogens with zero attached hydrogens (tertiary/aromatic N) is 1. The zero-order chi connectivity index (χ0) is 13.8. The van der Waals surface area contributed by atoms with E-state index in [2.05, 4.69) is 0 Å². The van der Waals surface area contributed by atoms with Gasteiger partial charge in [-0.05, 0) is 25.0 Å². The van der Waals surface area contributed by atoms with Crippen molar-refractivity contribution in [3.8, 4) is 0 Å². The fourth-order valence-electron chi connectivity index (χ4n) is 1.79. The van der Waals surface area contributed by atoms with Crippen molar-refractivity contribution in [1.29, 1.82) is 0 Å². The average Bonchev–Trinajstić information content (AvgIpc) is 3.18. The molecule has 0 aromatic heterocycles. The topological polar surface area (TPSA) is 57.6 Å². The summed E-state index contributed by atoms with van der Waals surface area (Å²) in [4.78, 5) is 23.9. The van der Waals surface area contributed by atoms with E-state index in [4.69, 9.17) is 5.11 Å². The molecule has 0 saturated heterocycles. The van der Waals surface area contributed by atoms with Crippen LogP contribution in [0.15, 0.2) is 30.3 Å². The maximum Gasteiger partial charge on any atom is 0.323 e. The summed E-state index contributed by atoms with van der Waals surface area (Å²) in [6.45, 7) is -0.314. The first kappa shape index (κ1) is 13.3. The maximum atomic E-state index is 13.4. The van der Waals surface area contributed by atoms with Crippen LogP contribution in [0.25, 0.3) is 6.08 Å². The molecular weight excluding hydrogens is 249 g/mol. The quantitative estimate of drug-likeness (QED) is 0.826. The molecule has 100 valence electrons. The molecule has 0 heterocycles. The molecule has 19 heavy (non-hydrogen) atoms. The first-order valence-corrected chi connectivity index (χ1v) is 6.03. The molecule has 0 spiro atoms. The van der Waals surface area contributed by atoms with Crippen LogP contribution in [0.1, 0.15) is 18.4 Å². The van der Waals surface area contributed by atoms with Crippen LogP contribution in [0.5, 0.6) is 0 Å². The molecule has 0 radical (unpaired) electrons. The maximum absolute atomic E-state index is 13.4. The molecule has 1 aliphatic rings. The number of aliphatic carboxylic acids is 1. The molecule has 0 bridgehead atoms. The van der Waals surface area contributed by atoms with Crippen molar-refractivity contribution in [3.05, 3.63) is 41.7 Å². The van der Waals surface area contributed by atoms with E-state index in [1.807, 2.05) is 0 Å². The molecule has 0 unspecified atom stereocenters. The summed E-state index contributed by atoms with van der Waals surface area (Å²) in [5, 5.41) is 8.76. The van der Waals surface area contributed by atoms with Gasteiger partial charge in [-0.2, -0.15) is 0 Å². The van der Waals surface area contributed by atoms with Crippen LogP contribution in [-0.2, 0) is 9.59 Å². The molecule has 0 atom stereocenters. The second-order valence-corrected chi connectivity index (χ2v) is 4.45. The van der Waals surface area contributed by atoms with Gasteiger partial charge in [0.1, 0.15) is 12.4 Å². The second kappa shape index (κ2) is 5.65. The summed E-state index contributed by atoms with van der Waals surface area (Å²) >= 11 is 0. The molecule has 1 fully saturated rings. The average molecular weight is 263 g/mol. The van der Waals surface area contributed by atoms with Crippen molar-refractivity contribution >= 4 is 18.0 Å². The highest BCUT2D eigenvalue weighted by atomic mass is 19.1. The number of hydrogen-bond acceptors (Lipinski definition) is 2. The lowest BCUT2D eigenvalue weighted by molar-refractivity contribution is -0.143. The van der Waals surface area contributed by atoms with Gasteiger partial charge < -0.3 is 10.0 Å². The molecule has 1 aromatic carbocycles. The molecule has 4 nitrogen and oxygen atoms in total. The normalized spacial score (nSPS) is 14.6. The summed E-state index contributed by atoms with van der Waals surface area (Å²) in [5.74, 6) is -1.85. The van der Waals surface area contributed by atoms with E-state index in [0.29, 0.717) is 5.56 Å². The number of halogens is 1. The third-order valence-electron chi connectivity index (χ3n) is 2.89. The smallest absolute Gasteiger partial charge is 0.323 e. The second-order valence-electron chi connectivity index (χ2n) is 4.45. The van der Waals surface area contributed by atoms with Gasteiger partial charge in [-0.15, -0.1) is 0 Å². The fraction of sp³-hybridized carbons (Fsp3) is 0.286. The summed E-state index contributed by atoms with van der Waals surface area (Å²) in [5.41, 5.74) is 0.307. The first-order chi connectivity index (χ1) is 9.08. The Bertz CT molecular complexity index is 523. The Hall–Kier alpha value is -2.17. The zero-order valence-corrected chi connectivity index (χ0v) is 10.3. The number of carboxylic acids is 1. The van der Waals surface area contributed by atoms with Crippen LogP contribution in [0.3, 0.4) is 0 Å². The Kier molecular flexibility index (Phi) is 3.94. The van der Waals surface area contributed by atoms with Crippen LogP contribution in [0, 0.1) is 5.82 Å². The molecule has 1 amide bonds. The Morgan fingerprint density at radius 1 is 1.37 bits per heavy atom. The van der Waals surface area contributed by atoms with Crippen molar-refractivity contribution < 1.29 is 19.1 Å². The Morgan fingerprint density at radius 3 is 2.63 bits per heavy atom. The summed E-state index contributed by atoms with van der Waals surface area (Å²) in [6, 6.07) is 6.10. The van der Waals surface area contributed by atoms with E-state index in [1.165, 1.54) is 23.1 Å². The van der Waals surface area contributed by atoms with Gasteiger partial charge in [-0.3, -0.25) is 9.59 Å². The molecule has 1 N–H and O–H groups in total. The van der Waals surface area contributed by atoms with E-state index in [1.54, 1.807) is 18.2 Å². The zero-order valence-electron chi connectivity index (χ0n) is 10.3. The highest BCUT2D eigenvalue weighted by molar-refractivity contribution is 5.94. The van der Waals surface area contributed by atoms with E-state index in [0.717, 1.165) is 12.8 Å². The van der Waals surface area contributed by atoms with Crippen molar-refractivity contribution in [2.45, 2.75) is 18.9 Å². The SMILES string of the molecule is O=C(O)CN(C(=O)C=Cc1ccccc1F)C1CC1. The minimum atomic E-state index is -1.04.